The van der Waals surface area contributed by atoms with Gasteiger partial charge in [0, 0.05) is 11.3 Å². The molecule has 2 aromatic rings. The van der Waals surface area contributed by atoms with E-state index < -0.39 is 0 Å². The molecule has 21 heavy (non-hydrogen) atoms. The van der Waals surface area contributed by atoms with E-state index in [2.05, 4.69) is 30.3 Å². The van der Waals surface area contributed by atoms with Crippen molar-refractivity contribution in [2.75, 3.05) is 0 Å². The Hall–Kier alpha value is -1.41. The van der Waals surface area contributed by atoms with Crippen molar-refractivity contribution in [3.8, 4) is 0 Å². The number of fused-ring (bicyclic) bond motifs is 1. The van der Waals surface area contributed by atoms with Crippen LogP contribution in [0.5, 0.6) is 0 Å². The van der Waals surface area contributed by atoms with E-state index in [0.717, 1.165) is 37.9 Å². The molecule has 0 radical (unpaired) electrons. The summed E-state index contributed by atoms with van der Waals surface area (Å²) in [5.74, 6) is 0.955. The molecule has 2 nitrogen and oxygen atoms in total. The van der Waals surface area contributed by atoms with E-state index in [-0.39, 0.29) is 5.41 Å². The molecule has 4 rings (SSSR count). The Bertz CT molecular complexity index is 660. The minimum Gasteiger partial charge on any atom is -0.237 e. The van der Waals surface area contributed by atoms with Crippen LogP contribution in [-0.4, -0.2) is 9.97 Å². The molecule has 2 aliphatic carbocycles. The summed E-state index contributed by atoms with van der Waals surface area (Å²) in [5, 5.41) is 0.690. The molecule has 0 atom stereocenters. The van der Waals surface area contributed by atoms with Crippen molar-refractivity contribution in [2.45, 2.75) is 50.4 Å². The van der Waals surface area contributed by atoms with Crippen molar-refractivity contribution in [3.05, 3.63) is 58.1 Å². The first-order chi connectivity index (χ1) is 10.3. The van der Waals surface area contributed by atoms with E-state index in [1.165, 1.54) is 29.7 Å². The summed E-state index contributed by atoms with van der Waals surface area (Å²) in [7, 11) is 0. The van der Waals surface area contributed by atoms with Crippen molar-refractivity contribution in [2.24, 2.45) is 0 Å². The van der Waals surface area contributed by atoms with Gasteiger partial charge in [0.1, 0.15) is 11.0 Å². The lowest BCUT2D eigenvalue weighted by Gasteiger charge is -2.28. The smallest absolute Gasteiger partial charge is 0.140 e. The van der Waals surface area contributed by atoms with Crippen LogP contribution in [-0.2, 0) is 18.3 Å². The second-order valence-corrected chi connectivity index (χ2v) is 6.63. The molecule has 0 spiro atoms. The molecule has 2 aliphatic rings. The Balaban J connectivity index is 1.88. The molecule has 3 heteroatoms. The second kappa shape index (κ2) is 5.10. The van der Waals surface area contributed by atoms with Crippen LogP contribution in [0.2, 0.25) is 5.15 Å². The third kappa shape index (κ3) is 2.08. The Morgan fingerprint density at radius 3 is 2.43 bits per heavy atom. The highest BCUT2D eigenvalue weighted by Crippen LogP contribution is 2.45. The molecule has 0 N–H and O–H groups in total. The fourth-order valence-electron chi connectivity index (χ4n) is 3.98. The highest BCUT2D eigenvalue weighted by atomic mass is 35.5. The first-order valence-electron chi connectivity index (χ1n) is 7.91. The Labute approximate surface area is 130 Å². The van der Waals surface area contributed by atoms with Gasteiger partial charge in [0.25, 0.3) is 0 Å². The number of aryl methyl sites for hydroxylation is 1. The SMILES string of the molecule is Clc1nc(C2(c3ccccc3)CCCC2)nc2c1CCC2. The van der Waals surface area contributed by atoms with Gasteiger partial charge < -0.3 is 0 Å². The van der Waals surface area contributed by atoms with Crippen LogP contribution >= 0.6 is 11.6 Å². The van der Waals surface area contributed by atoms with Gasteiger partial charge in [-0.25, -0.2) is 9.97 Å². The van der Waals surface area contributed by atoms with E-state index in [4.69, 9.17) is 21.6 Å². The van der Waals surface area contributed by atoms with E-state index >= 15 is 0 Å². The number of hydrogen-bond donors (Lipinski definition) is 0. The summed E-state index contributed by atoms with van der Waals surface area (Å²) in [5.41, 5.74) is 3.69. The average molecular weight is 299 g/mol. The van der Waals surface area contributed by atoms with Crippen LogP contribution in [0.3, 0.4) is 0 Å². The predicted octanol–water partition coefficient (Wildman–Crippen LogP) is 4.48. The fraction of sp³-hybridized carbons (Fsp3) is 0.444. The normalized spacial score (nSPS) is 19.7. The number of rotatable bonds is 2. The topological polar surface area (TPSA) is 25.8 Å². The van der Waals surface area contributed by atoms with Gasteiger partial charge in [-0.3, -0.25) is 0 Å². The number of aromatic nitrogens is 2. The first kappa shape index (κ1) is 13.3. The van der Waals surface area contributed by atoms with Crippen molar-refractivity contribution >= 4 is 11.6 Å². The Morgan fingerprint density at radius 1 is 0.905 bits per heavy atom. The van der Waals surface area contributed by atoms with Crippen LogP contribution < -0.4 is 0 Å². The summed E-state index contributed by atoms with van der Waals surface area (Å²) in [4.78, 5) is 9.68. The van der Waals surface area contributed by atoms with Crippen LogP contribution in [0, 0.1) is 0 Å². The van der Waals surface area contributed by atoms with Crippen molar-refractivity contribution in [1.29, 1.82) is 0 Å². The van der Waals surface area contributed by atoms with Crippen LogP contribution in [0.15, 0.2) is 30.3 Å². The number of nitrogens with zero attached hydrogens (tertiary/aromatic N) is 2. The lowest BCUT2D eigenvalue weighted by Crippen LogP contribution is -2.27. The second-order valence-electron chi connectivity index (χ2n) is 6.27. The standard InChI is InChI=1S/C18H19ClN2/c19-16-14-9-6-10-15(14)20-17(21-16)18(11-4-5-12-18)13-7-2-1-3-8-13/h1-3,7-8H,4-6,9-12H2. The molecule has 1 aromatic carbocycles. The Kier molecular flexibility index (Phi) is 3.22. The lowest BCUT2D eigenvalue weighted by molar-refractivity contribution is 0.497. The van der Waals surface area contributed by atoms with Gasteiger partial charge in [-0.2, -0.15) is 0 Å². The number of hydrogen-bond acceptors (Lipinski definition) is 2. The number of halogens is 1. The van der Waals surface area contributed by atoms with Gasteiger partial charge in [0.2, 0.25) is 0 Å². The average Bonchev–Trinajstić information content (AvgIpc) is 3.18. The van der Waals surface area contributed by atoms with E-state index in [1.54, 1.807) is 0 Å². The van der Waals surface area contributed by atoms with E-state index in [1.807, 2.05) is 0 Å². The van der Waals surface area contributed by atoms with Gasteiger partial charge >= 0.3 is 0 Å². The molecule has 0 saturated heterocycles. The van der Waals surface area contributed by atoms with E-state index in [9.17, 15) is 0 Å². The minimum absolute atomic E-state index is 0.0253. The van der Waals surface area contributed by atoms with Gasteiger partial charge in [-0.15, -0.1) is 0 Å². The minimum atomic E-state index is -0.0253. The molecular formula is C18H19ClN2. The van der Waals surface area contributed by atoms with Crippen molar-refractivity contribution in [1.82, 2.24) is 9.97 Å². The highest BCUT2D eigenvalue weighted by Gasteiger charge is 2.40. The zero-order valence-corrected chi connectivity index (χ0v) is 12.9. The summed E-state index contributed by atoms with van der Waals surface area (Å²) < 4.78 is 0. The maximum absolute atomic E-state index is 6.45. The lowest BCUT2D eigenvalue weighted by atomic mass is 9.78. The molecule has 1 saturated carbocycles. The van der Waals surface area contributed by atoms with Crippen LogP contribution in [0.25, 0.3) is 0 Å². The third-order valence-electron chi connectivity index (χ3n) is 5.09. The summed E-state index contributed by atoms with van der Waals surface area (Å²) in [6, 6.07) is 10.7. The largest absolute Gasteiger partial charge is 0.237 e. The van der Waals surface area contributed by atoms with Gasteiger partial charge in [0.15, 0.2) is 0 Å². The van der Waals surface area contributed by atoms with Gasteiger partial charge in [-0.05, 0) is 37.7 Å². The maximum Gasteiger partial charge on any atom is 0.140 e. The van der Waals surface area contributed by atoms with E-state index in [0.29, 0.717) is 5.15 Å². The molecule has 1 fully saturated rings. The Morgan fingerprint density at radius 2 is 1.67 bits per heavy atom. The highest BCUT2D eigenvalue weighted by molar-refractivity contribution is 6.30. The third-order valence-corrected chi connectivity index (χ3v) is 5.41. The van der Waals surface area contributed by atoms with Crippen LogP contribution in [0.4, 0.5) is 0 Å². The van der Waals surface area contributed by atoms with Gasteiger partial charge in [0.05, 0.1) is 5.41 Å². The molecule has 0 bridgehead atoms. The molecule has 0 amide bonds. The van der Waals surface area contributed by atoms with Crippen LogP contribution in [0.1, 0.15) is 54.7 Å². The molecule has 1 aromatic heterocycles. The first-order valence-corrected chi connectivity index (χ1v) is 8.29. The van der Waals surface area contributed by atoms with Crippen molar-refractivity contribution in [3.63, 3.8) is 0 Å². The number of benzene rings is 1. The fourth-order valence-corrected chi connectivity index (χ4v) is 4.26. The monoisotopic (exact) mass is 298 g/mol. The summed E-state index contributed by atoms with van der Waals surface area (Å²) in [6.45, 7) is 0. The van der Waals surface area contributed by atoms with Crippen molar-refractivity contribution < 1.29 is 0 Å². The quantitative estimate of drug-likeness (QED) is 0.764. The maximum atomic E-state index is 6.45. The zero-order chi connectivity index (χ0) is 14.3. The molecule has 1 heterocycles. The molecule has 0 aliphatic heterocycles. The molecular weight excluding hydrogens is 280 g/mol. The zero-order valence-electron chi connectivity index (χ0n) is 12.1. The molecule has 0 unspecified atom stereocenters. The summed E-state index contributed by atoms with van der Waals surface area (Å²) >= 11 is 6.45. The van der Waals surface area contributed by atoms with Gasteiger partial charge in [-0.1, -0.05) is 54.8 Å². The molecule has 108 valence electrons. The predicted molar refractivity (Wildman–Crippen MR) is 84.8 cm³/mol. The summed E-state index contributed by atoms with van der Waals surface area (Å²) in [6.07, 6.45) is 7.99.